The molecule has 204 valence electrons. The predicted molar refractivity (Wildman–Crippen MR) is 179 cm³/mol. The minimum absolute atomic E-state index is 0.159. The van der Waals surface area contributed by atoms with Crippen LogP contribution in [-0.4, -0.2) is 4.98 Å². The molecule has 1 N–H and O–H groups in total. The monoisotopic (exact) mass is 542 g/mol. The topological polar surface area (TPSA) is 24.9 Å². The van der Waals surface area contributed by atoms with Gasteiger partial charge in [-0.1, -0.05) is 129 Å². The maximum atomic E-state index is 5.39. The summed E-state index contributed by atoms with van der Waals surface area (Å²) in [6.07, 6.45) is 0. The van der Waals surface area contributed by atoms with Crippen LogP contribution in [0.15, 0.2) is 133 Å². The van der Waals surface area contributed by atoms with Gasteiger partial charge >= 0.3 is 0 Å². The molecular formula is C40H34N2. The first kappa shape index (κ1) is 26.0. The second-order valence-electron chi connectivity index (χ2n) is 11.5. The van der Waals surface area contributed by atoms with E-state index in [9.17, 15) is 0 Å². The van der Waals surface area contributed by atoms with Crippen molar-refractivity contribution in [2.45, 2.75) is 32.7 Å². The first-order valence-electron chi connectivity index (χ1n) is 14.8. The van der Waals surface area contributed by atoms with E-state index in [1.165, 1.54) is 54.7 Å². The summed E-state index contributed by atoms with van der Waals surface area (Å²) in [7, 11) is 0. The molecular weight excluding hydrogens is 508 g/mol. The number of pyridine rings is 1. The van der Waals surface area contributed by atoms with Crippen LogP contribution in [0.25, 0.3) is 43.6 Å². The van der Waals surface area contributed by atoms with Crippen LogP contribution in [0.4, 0.5) is 5.69 Å². The van der Waals surface area contributed by atoms with E-state index in [0.717, 1.165) is 17.0 Å². The summed E-state index contributed by atoms with van der Waals surface area (Å²) >= 11 is 0. The summed E-state index contributed by atoms with van der Waals surface area (Å²) in [5.41, 5.74) is 8.10. The fourth-order valence-electron chi connectivity index (χ4n) is 6.36. The molecule has 0 aliphatic rings. The normalized spacial score (nSPS) is 12.3. The molecule has 1 aromatic heterocycles. The number of aryl methyl sites for hydroxylation is 1. The quantitative estimate of drug-likeness (QED) is 0.211. The summed E-state index contributed by atoms with van der Waals surface area (Å²) in [5.74, 6) is 0.386. The molecule has 1 unspecified atom stereocenters. The Morgan fingerprint density at radius 1 is 0.548 bits per heavy atom. The smallest absolute Gasteiger partial charge is 0.0946 e. The SMILES string of the molecule is Cc1cccc(C(C)C)c1NC(c1cccc(-c2cccc3ccccc23)n1)c1cc2ccccc2c2ccccc12. The number of anilines is 1. The molecule has 2 nitrogen and oxygen atoms in total. The van der Waals surface area contributed by atoms with Gasteiger partial charge in [-0.15, -0.1) is 0 Å². The molecule has 42 heavy (non-hydrogen) atoms. The average Bonchev–Trinajstić information content (AvgIpc) is 3.03. The highest BCUT2D eigenvalue weighted by Crippen LogP contribution is 2.39. The minimum Gasteiger partial charge on any atom is -0.372 e. The Labute approximate surface area is 247 Å². The van der Waals surface area contributed by atoms with Gasteiger partial charge in [0, 0.05) is 11.3 Å². The summed E-state index contributed by atoms with van der Waals surface area (Å²) in [6.45, 7) is 6.73. The second-order valence-corrected chi connectivity index (χ2v) is 11.5. The molecule has 1 atom stereocenters. The Morgan fingerprint density at radius 3 is 2.00 bits per heavy atom. The summed E-state index contributed by atoms with van der Waals surface area (Å²) in [6, 6.07) is 47.8. The molecule has 0 aliphatic heterocycles. The molecule has 7 aromatic rings. The van der Waals surface area contributed by atoms with Crippen LogP contribution in [0.1, 0.15) is 48.2 Å². The second kappa shape index (κ2) is 10.8. The van der Waals surface area contributed by atoms with E-state index >= 15 is 0 Å². The molecule has 0 spiro atoms. The third kappa shape index (κ3) is 4.59. The number of nitrogens with zero attached hydrogens (tertiary/aromatic N) is 1. The fraction of sp³-hybridized carbons (Fsp3) is 0.125. The van der Waals surface area contributed by atoms with E-state index in [4.69, 9.17) is 4.98 Å². The molecule has 2 heteroatoms. The zero-order chi connectivity index (χ0) is 28.6. The number of aromatic nitrogens is 1. The largest absolute Gasteiger partial charge is 0.372 e. The highest BCUT2D eigenvalue weighted by atomic mass is 15.0. The summed E-state index contributed by atoms with van der Waals surface area (Å²) in [4.78, 5) is 5.39. The lowest BCUT2D eigenvalue weighted by atomic mass is 9.90. The lowest BCUT2D eigenvalue weighted by Crippen LogP contribution is -2.17. The van der Waals surface area contributed by atoms with Gasteiger partial charge in [0.25, 0.3) is 0 Å². The highest BCUT2D eigenvalue weighted by Gasteiger charge is 2.23. The average molecular weight is 543 g/mol. The van der Waals surface area contributed by atoms with E-state index in [1.807, 2.05) is 0 Å². The van der Waals surface area contributed by atoms with Crippen molar-refractivity contribution in [1.82, 2.24) is 4.98 Å². The van der Waals surface area contributed by atoms with Crippen molar-refractivity contribution in [3.8, 4) is 11.3 Å². The third-order valence-electron chi connectivity index (χ3n) is 8.46. The molecule has 7 rings (SSSR count). The lowest BCUT2D eigenvalue weighted by molar-refractivity contribution is 0.845. The van der Waals surface area contributed by atoms with E-state index in [2.05, 4.69) is 160 Å². The Morgan fingerprint density at radius 2 is 1.19 bits per heavy atom. The molecule has 0 bridgehead atoms. The van der Waals surface area contributed by atoms with Crippen molar-refractivity contribution in [3.63, 3.8) is 0 Å². The molecule has 1 heterocycles. The van der Waals surface area contributed by atoms with E-state index in [0.29, 0.717) is 5.92 Å². The predicted octanol–water partition coefficient (Wildman–Crippen LogP) is 10.8. The number of hydrogen-bond acceptors (Lipinski definition) is 2. The van der Waals surface area contributed by atoms with Crippen LogP contribution >= 0.6 is 0 Å². The molecule has 0 saturated heterocycles. The van der Waals surface area contributed by atoms with Crippen molar-refractivity contribution < 1.29 is 0 Å². The van der Waals surface area contributed by atoms with Crippen molar-refractivity contribution in [1.29, 1.82) is 0 Å². The van der Waals surface area contributed by atoms with Crippen molar-refractivity contribution in [2.75, 3.05) is 5.32 Å². The molecule has 0 saturated carbocycles. The van der Waals surface area contributed by atoms with Crippen LogP contribution < -0.4 is 5.32 Å². The number of fused-ring (bicyclic) bond motifs is 4. The van der Waals surface area contributed by atoms with Crippen molar-refractivity contribution >= 4 is 38.0 Å². The van der Waals surface area contributed by atoms with Crippen LogP contribution in [0.3, 0.4) is 0 Å². The minimum atomic E-state index is -0.159. The number of nitrogens with one attached hydrogen (secondary N) is 1. The van der Waals surface area contributed by atoms with Crippen LogP contribution in [-0.2, 0) is 0 Å². The van der Waals surface area contributed by atoms with Gasteiger partial charge in [-0.05, 0) is 80.0 Å². The molecule has 0 fully saturated rings. The first-order chi connectivity index (χ1) is 20.6. The number of para-hydroxylation sites is 1. The Bertz CT molecular complexity index is 2070. The third-order valence-corrected chi connectivity index (χ3v) is 8.46. The Balaban J connectivity index is 1.48. The Hall–Kier alpha value is -4.95. The Kier molecular flexibility index (Phi) is 6.68. The van der Waals surface area contributed by atoms with Gasteiger partial charge in [-0.3, -0.25) is 4.98 Å². The summed E-state index contributed by atoms with van der Waals surface area (Å²) < 4.78 is 0. The zero-order valence-electron chi connectivity index (χ0n) is 24.3. The summed E-state index contributed by atoms with van der Waals surface area (Å²) in [5, 5.41) is 11.5. The van der Waals surface area contributed by atoms with Gasteiger partial charge in [0.05, 0.1) is 17.4 Å². The van der Waals surface area contributed by atoms with Gasteiger partial charge in [0.2, 0.25) is 0 Å². The maximum absolute atomic E-state index is 5.39. The molecule has 0 radical (unpaired) electrons. The van der Waals surface area contributed by atoms with E-state index in [1.54, 1.807) is 0 Å². The van der Waals surface area contributed by atoms with Gasteiger partial charge in [0.1, 0.15) is 0 Å². The number of rotatable bonds is 6. The molecule has 0 amide bonds. The number of hydrogen-bond donors (Lipinski definition) is 1. The molecule has 6 aromatic carbocycles. The maximum Gasteiger partial charge on any atom is 0.0946 e. The van der Waals surface area contributed by atoms with Gasteiger partial charge in [-0.25, -0.2) is 0 Å². The molecule has 0 aliphatic carbocycles. The van der Waals surface area contributed by atoms with Crippen LogP contribution in [0.5, 0.6) is 0 Å². The van der Waals surface area contributed by atoms with Crippen molar-refractivity contribution in [3.05, 3.63) is 156 Å². The fourth-order valence-corrected chi connectivity index (χ4v) is 6.36. The standard InChI is InChI=1S/C40H34N2/c1-26(2)30-21-10-13-27(3)39(30)42-40(36-25-29-15-5-7-18-32(29)33-19-8-9-20-34(33)36)38-24-12-23-37(41-38)35-22-11-16-28-14-4-6-17-31(28)35/h4-26,40,42H,1-3H3. The van der Waals surface area contributed by atoms with Crippen LogP contribution in [0, 0.1) is 6.92 Å². The zero-order valence-corrected chi connectivity index (χ0v) is 24.3. The number of benzene rings is 6. The first-order valence-corrected chi connectivity index (χ1v) is 14.8. The lowest BCUT2D eigenvalue weighted by Gasteiger charge is -2.26. The van der Waals surface area contributed by atoms with Crippen LogP contribution in [0.2, 0.25) is 0 Å². The van der Waals surface area contributed by atoms with Gasteiger partial charge in [0.15, 0.2) is 0 Å². The highest BCUT2D eigenvalue weighted by molar-refractivity contribution is 6.09. The van der Waals surface area contributed by atoms with Gasteiger partial charge in [-0.2, -0.15) is 0 Å². The van der Waals surface area contributed by atoms with Crippen molar-refractivity contribution in [2.24, 2.45) is 0 Å². The van der Waals surface area contributed by atoms with E-state index in [-0.39, 0.29) is 6.04 Å². The van der Waals surface area contributed by atoms with Gasteiger partial charge < -0.3 is 5.32 Å². The van der Waals surface area contributed by atoms with E-state index < -0.39 is 0 Å².